The van der Waals surface area contributed by atoms with Gasteiger partial charge in [-0.25, -0.2) is 9.79 Å². The number of benzene rings is 2. The maximum Gasteiger partial charge on any atom is 0.338 e. The zero-order chi connectivity index (χ0) is 30.1. The minimum atomic E-state index is -0.753. The summed E-state index contributed by atoms with van der Waals surface area (Å²) in [7, 11) is 1.58. The van der Waals surface area contributed by atoms with Crippen molar-refractivity contribution in [2.45, 2.75) is 53.5 Å². The van der Waals surface area contributed by atoms with Crippen molar-refractivity contribution < 1.29 is 14.3 Å². The summed E-state index contributed by atoms with van der Waals surface area (Å²) in [5.74, 6) is 0.0895. The zero-order valence-corrected chi connectivity index (χ0v) is 27.1. The first-order valence-electron chi connectivity index (χ1n) is 14.0. The topological polar surface area (TPSA) is 74.8 Å². The van der Waals surface area contributed by atoms with E-state index in [9.17, 15) is 9.59 Å². The minimum Gasteiger partial charge on any atom is -0.496 e. The van der Waals surface area contributed by atoms with Crippen LogP contribution in [0.2, 0.25) is 0 Å². The van der Waals surface area contributed by atoms with E-state index in [1.54, 1.807) is 18.6 Å². The van der Waals surface area contributed by atoms with Crippen LogP contribution in [-0.4, -0.2) is 28.8 Å². The molecule has 218 valence electrons. The minimum absolute atomic E-state index is 0.213. The quantitative estimate of drug-likeness (QED) is 0.218. The summed E-state index contributed by atoms with van der Waals surface area (Å²) in [5.41, 5.74) is 6.79. The van der Waals surface area contributed by atoms with Crippen molar-refractivity contribution in [2.24, 2.45) is 4.99 Å². The molecule has 42 heavy (non-hydrogen) atoms. The second-order valence-electron chi connectivity index (χ2n) is 10.3. The van der Waals surface area contributed by atoms with Gasteiger partial charge in [0, 0.05) is 27.1 Å². The van der Waals surface area contributed by atoms with Crippen molar-refractivity contribution in [3.8, 4) is 11.4 Å². The predicted molar refractivity (Wildman–Crippen MR) is 170 cm³/mol. The van der Waals surface area contributed by atoms with Gasteiger partial charge in [0.2, 0.25) is 0 Å². The number of aromatic nitrogens is 2. The van der Waals surface area contributed by atoms with E-state index in [1.165, 1.54) is 16.9 Å². The molecule has 0 saturated heterocycles. The van der Waals surface area contributed by atoms with Crippen LogP contribution in [0, 0.1) is 20.8 Å². The van der Waals surface area contributed by atoms with Crippen LogP contribution in [0.4, 0.5) is 0 Å². The van der Waals surface area contributed by atoms with Crippen LogP contribution >= 0.6 is 27.3 Å². The number of aryl methyl sites for hydroxylation is 2. The molecule has 0 fully saturated rings. The van der Waals surface area contributed by atoms with Crippen LogP contribution in [0.1, 0.15) is 60.8 Å². The van der Waals surface area contributed by atoms with E-state index in [0.29, 0.717) is 38.3 Å². The highest BCUT2D eigenvalue weighted by Crippen LogP contribution is 2.38. The summed E-state index contributed by atoms with van der Waals surface area (Å²) in [4.78, 5) is 33.2. The number of carbonyl (C=O) groups is 1. The van der Waals surface area contributed by atoms with Crippen molar-refractivity contribution in [1.82, 2.24) is 9.13 Å². The van der Waals surface area contributed by atoms with Crippen molar-refractivity contribution in [1.29, 1.82) is 0 Å². The molecule has 0 radical (unpaired) electrons. The van der Waals surface area contributed by atoms with Gasteiger partial charge < -0.3 is 14.0 Å². The normalized spacial score (nSPS) is 15.0. The van der Waals surface area contributed by atoms with Crippen LogP contribution in [0.5, 0.6) is 5.75 Å². The second kappa shape index (κ2) is 12.3. The first-order chi connectivity index (χ1) is 20.2. The van der Waals surface area contributed by atoms with Gasteiger partial charge in [0.1, 0.15) is 11.8 Å². The monoisotopic (exact) mass is 647 g/mol. The van der Waals surface area contributed by atoms with Gasteiger partial charge in [-0.2, -0.15) is 0 Å². The Morgan fingerprint density at radius 2 is 1.83 bits per heavy atom. The third-order valence-electron chi connectivity index (χ3n) is 7.43. The molecule has 2 aromatic carbocycles. The molecule has 0 spiro atoms. The average molecular weight is 649 g/mol. The maximum atomic E-state index is 14.2. The molecule has 1 aliphatic rings. The molecule has 5 rings (SSSR count). The van der Waals surface area contributed by atoms with E-state index >= 15 is 0 Å². The molecular weight excluding hydrogens is 614 g/mol. The number of allylic oxidation sites excluding steroid dienone is 1. The van der Waals surface area contributed by atoms with Crippen LogP contribution in [-0.2, 0) is 9.53 Å². The van der Waals surface area contributed by atoms with Gasteiger partial charge >= 0.3 is 5.97 Å². The molecule has 0 bridgehead atoms. The number of hydrogen-bond donors (Lipinski definition) is 0. The van der Waals surface area contributed by atoms with Crippen LogP contribution in [0.15, 0.2) is 74.1 Å². The number of halogens is 1. The number of ether oxygens (including phenoxy) is 2. The smallest absolute Gasteiger partial charge is 0.338 e. The van der Waals surface area contributed by atoms with Gasteiger partial charge in [0.15, 0.2) is 4.80 Å². The Morgan fingerprint density at radius 1 is 1.10 bits per heavy atom. The van der Waals surface area contributed by atoms with Crippen molar-refractivity contribution in [3.63, 3.8) is 0 Å². The third-order valence-corrected chi connectivity index (χ3v) is 8.90. The van der Waals surface area contributed by atoms with E-state index in [2.05, 4.69) is 71.6 Å². The SMILES string of the molecule is CCCC1=C(C(=O)OCC)[C@@H](c2cc(Br)ccc2OC)n2c(s/c(=C/c3cc(C)n(-c4ccc(C)cc4)c3C)c2=O)=N1. The molecule has 9 heteroatoms. The molecule has 0 unspecified atom stereocenters. The Bertz CT molecular complexity index is 1880. The largest absolute Gasteiger partial charge is 0.496 e. The molecule has 4 aromatic rings. The lowest BCUT2D eigenvalue weighted by Crippen LogP contribution is -2.40. The molecule has 0 saturated carbocycles. The molecule has 0 N–H and O–H groups in total. The standard InChI is InChI=1S/C33H34BrN3O4S/c1-7-9-26-29(32(39)41-8-2)30(25-18-23(34)12-15-27(25)40-6)37-31(38)28(42-33(37)35-26)17-22-16-20(4)36(21(22)5)24-13-10-19(3)11-14-24/h10-18,30H,7-9H2,1-6H3/b28-17+/t30-/m1/s1. The van der Waals surface area contributed by atoms with E-state index in [-0.39, 0.29) is 12.2 Å². The Hall–Kier alpha value is -3.69. The fourth-order valence-corrected chi connectivity index (χ4v) is 6.89. The highest BCUT2D eigenvalue weighted by molar-refractivity contribution is 9.10. The number of fused-ring (bicyclic) bond motifs is 1. The fraction of sp³-hybridized carbons (Fsp3) is 0.303. The maximum absolute atomic E-state index is 14.2. The summed E-state index contributed by atoms with van der Waals surface area (Å²) < 4.78 is 16.4. The molecule has 0 aliphatic carbocycles. The van der Waals surface area contributed by atoms with Crippen molar-refractivity contribution in [3.05, 3.63) is 112 Å². The number of carbonyl (C=O) groups excluding carboxylic acids is 1. The molecule has 2 aromatic heterocycles. The number of hydrogen-bond acceptors (Lipinski definition) is 6. The Morgan fingerprint density at radius 3 is 2.50 bits per heavy atom. The number of methoxy groups -OCH3 is 1. The lowest BCUT2D eigenvalue weighted by atomic mass is 9.93. The highest BCUT2D eigenvalue weighted by Gasteiger charge is 2.36. The Balaban J connectivity index is 1.76. The summed E-state index contributed by atoms with van der Waals surface area (Å²) in [6.45, 7) is 10.2. The van der Waals surface area contributed by atoms with E-state index in [1.807, 2.05) is 31.2 Å². The highest BCUT2D eigenvalue weighted by atomic mass is 79.9. The van der Waals surface area contributed by atoms with Gasteiger partial charge in [-0.15, -0.1) is 0 Å². The average Bonchev–Trinajstić information content (AvgIpc) is 3.42. The number of esters is 1. The fourth-order valence-electron chi connectivity index (χ4n) is 5.50. The number of rotatable bonds is 8. The first kappa shape index (κ1) is 29.8. The van der Waals surface area contributed by atoms with Crippen LogP contribution < -0.4 is 19.6 Å². The van der Waals surface area contributed by atoms with Gasteiger partial charge in [0.25, 0.3) is 5.56 Å². The van der Waals surface area contributed by atoms with Gasteiger partial charge in [-0.05, 0) is 82.2 Å². The predicted octanol–water partition coefficient (Wildman–Crippen LogP) is 6.07. The summed E-state index contributed by atoms with van der Waals surface area (Å²) in [5, 5.41) is 0. The van der Waals surface area contributed by atoms with Gasteiger partial charge in [0.05, 0.1) is 29.5 Å². The Kier molecular flexibility index (Phi) is 8.70. The van der Waals surface area contributed by atoms with Crippen LogP contribution in [0.25, 0.3) is 11.8 Å². The molecule has 1 aliphatic heterocycles. The number of thiazole rings is 1. The molecule has 3 heterocycles. The van der Waals surface area contributed by atoms with E-state index < -0.39 is 12.0 Å². The zero-order valence-electron chi connectivity index (χ0n) is 24.7. The van der Waals surface area contributed by atoms with Crippen molar-refractivity contribution >= 4 is 39.3 Å². The molecule has 7 nitrogen and oxygen atoms in total. The summed E-state index contributed by atoms with van der Waals surface area (Å²) in [6.07, 6.45) is 3.28. The van der Waals surface area contributed by atoms with Gasteiger partial charge in [-0.3, -0.25) is 9.36 Å². The Labute approximate surface area is 257 Å². The van der Waals surface area contributed by atoms with Crippen LogP contribution in [0.3, 0.4) is 0 Å². The molecule has 0 amide bonds. The molecule has 1 atom stereocenters. The summed E-state index contributed by atoms with van der Waals surface area (Å²) in [6, 6.07) is 15.3. The lowest BCUT2D eigenvalue weighted by Gasteiger charge is -2.27. The lowest BCUT2D eigenvalue weighted by molar-refractivity contribution is -0.139. The second-order valence-corrected chi connectivity index (χ2v) is 12.2. The third kappa shape index (κ3) is 5.43. The van der Waals surface area contributed by atoms with E-state index in [4.69, 9.17) is 14.5 Å². The number of nitrogens with zero attached hydrogens (tertiary/aromatic N) is 3. The summed E-state index contributed by atoms with van der Waals surface area (Å²) >= 11 is 4.90. The van der Waals surface area contributed by atoms with Gasteiger partial charge in [-0.1, -0.05) is 58.3 Å². The van der Waals surface area contributed by atoms with E-state index in [0.717, 1.165) is 33.5 Å². The first-order valence-corrected chi connectivity index (χ1v) is 15.6. The molecular formula is C33H34BrN3O4S. The van der Waals surface area contributed by atoms with Crippen molar-refractivity contribution in [2.75, 3.05) is 13.7 Å².